The molecule has 1 rings (SSSR count). The lowest BCUT2D eigenvalue weighted by Crippen LogP contribution is -2.50. The molecule has 0 amide bonds. The molecule has 5 nitrogen and oxygen atoms in total. The monoisotopic (exact) mass is 264 g/mol. The Morgan fingerprint density at radius 2 is 2.12 bits per heavy atom. The molecule has 102 valence electrons. The van der Waals surface area contributed by atoms with Crippen molar-refractivity contribution in [2.45, 2.75) is 39.7 Å². The second-order valence-corrected chi connectivity index (χ2v) is 6.73. The molecule has 1 atom stereocenters. The van der Waals surface area contributed by atoms with Crippen LogP contribution in [0.2, 0.25) is 0 Å². The Hall–Kier alpha value is -0.170. The van der Waals surface area contributed by atoms with Crippen molar-refractivity contribution in [3.8, 4) is 0 Å². The van der Waals surface area contributed by atoms with E-state index >= 15 is 0 Å². The van der Waals surface area contributed by atoms with Crippen LogP contribution in [0.5, 0.6) is 0 Å². The summed E-state index contributed by atoms with van der Waals surface area (Å²) in [7, 11) is -3.36. The summed E-state index contributed by atoms with van der Waals surface area (Å²) in [5.41, 5.74) is 0. The fourth-order valence-corrected chi connectivity index (χ4v) is 4.24. The van der Waals surface area contributed by atoms with Gasteiger partial charge in [0.05, 0.1) is 0 Å². The number of piperidine rings is 1. The van der Waals surface area contributed by atoms with Crippen molar-refractivity contribution < 1.29 is 13.5 Å². The average molecular weight is 264 g/mol. The van der Waals surface area contributed by atoms with Gasteiger partial charge in [0.1, 0.15) is 0 Å². The predicted molar refractivity (Wildman–Crippen MR) is 67.8 cm³/mol. The van der Waals surface area contributed by atoms with Crippen LogP contribution in [-0.2, 0) is 10.2 Å². The topological polar surface area (TPSA) is 60.9 Å². The summed E-state index contributed by atoms with van der Waals surface area (Å²) in [5.74, 6) is 0.0874. The van der Waals surface area contributed by atoms with E-state index in [-0.39, 0.29) is 18.6 Å². The molecule has 0 spiro atoms. The number of aliphatic hydroxyl groups is 1. The minimum absolute atomic E-state index is 0.0282. The largest absolute Gasteiger partial charge is 0.396 e. The van der Waals surface area contributed by atoms with E-state index in [0.29, 0.717) is 19.6 Å². The Kier molecular flexibility index (Phi) is 5.37. The van der Waals surface area contributed by atoms with E-state index in [4.69, 9.17) is 5.11 Å². The molecule has 0 aromatic rings. The van der Waals surface area contributed by atoms with Crippen LogP contribution in [0.1, 0.15) is 33.6 Å². The maximum absolute atomic E-state index is 12.4. The van der Waals surface area contributed by atoms with E-state index in [1.54, 1.807) is 0 Å². The highest BCUT2D eigenvalue weighted by Gasteiger charge is 2.33. The van der Waals surface area contributed by atoms with E-state index in [1.807, 2.05) is 20.8 Å². The number of hydrogen-bond donors (Lipinski definition) is 1. The Morgan fingerprint density at radius 1 is 1.47 bits per heavy atom. The zero-order chi connectivity index (χ0) is 13.1. The molecular weight excluding hydrogens is 240 g/mol. The van der Waals surface area contributed by atoms with Crippen LogP contribution in [0.3, 0.4) is 0 Å². The van der Waals surface area contributed by atoms with Crippen LogP contribution in [0.25, 0.3) is 0 Å². The van der Waals surface area contributed by atoms with Gasteiger partial charge in [-0.15, -0.1) is 0 Å². The fraction of sp³-hybridized carbons (Fsp3) is 1.00. The molecule has 0 aliphatic carbocycles. The standard InChI is InChI=1S/C11H24N2O3S/c1-4-13(10(2)3)17(15,16)12-7-5-6-11(8-12)9-14/h10-11,14H,4-9H2,1-3H3. The molecule has 0 saturated carbocycles. The second-order valence-electron chi connectivity index (χ2n) is 4.85. The summed E-state index contributed by atoms with van der Waals surface area (Å²) in [5, 5.41) is 9.14. The summed E-state index contributed by atoms with van der Waals surface area (Å²) in [4.78, 5) is 0. The molecule has 1 aliphatic heterocycles. The maximum atomic E-state index is 12.4. The van der Waals surface area contributed by atoms with Gasteiger partial charge in [-0.25, -0.2) is 0 Å². The molecule has 0 radical (unpaired) electrons. The van der Waals surface area contributed by atoms with Gasteiger partial charge in [-0.1, -0.05) is 6.92 Å². The van der Waals surface area contributed by atoms with Gasteiger partial charge in [0.25, 0.3) is 10.2 Å². The van der Waals surface area contributed by atoms with Crippen LogP contribution in [-0.4, -0.2) is 54.4 Å². The number of hydrogen-bond acceptors (Lipinski definition) is 3. The Labute approximate surface area is 105 Å². The minimum atomic E-state index is -3.36. The third-order valence-electron chi connectivity index (χ3n) is 3.25. The number of aliphatic hydroxyl groups excluding tert-OH is 1. The first-order valence-electron chi connectivity index (χ1n) is 6.31. The molecule has 1 aliphatic rings. The predicted octanol–water partition coefficient (Wildman–Crippen LogP) is 0.666. The van der Waals surface area contributed by atoms with E-state index in [1.165, 1.54) is 8.61 Å². The lowest BCUT2D eigenvalue weighted by atomic mass is 10.0. The molecule has 17 heavy (non-hydrogen) atoms. The van der Waals surface area contributed by atoms with Gasteiger partial charge in [-0.3, -0.25) is 0 Å². The van der Waals surface area contributed by atoms with Gasteiger partial charge < -0.3 is 5.11 Å². The van der Waals surface area contributed by atoms with Crippen molar-refractivity contribution in [3.05, 3.63) is 0 Å². The van der Waals surface area contributed by atoms with Gasteiger partial charge in [0.2, 0.25) is 0 Å². The van der Waals surface area contributed by atoms with Crippen LogP contribution in [0.4, 0.5) is 0 Å². The first-order chi connectivity index (χ1) is 7.93. The van der Waals surface area contributed by atoms with E-state index in [0.717, 1.165) is 12.8 Å². The molecule has 6 heteroatoms. The van der Waals surface area contributed by atoms with Crippen molar-refractivity contribution in [3.63, 3.8) is 0 Å². The van der Waals surface area contributed by atoms with Crippen LogP contribution in [0.15, 0.2) is 0 Å². The summed E-state index contributed by atoms with van der Waals surface area (Å²) in [6.07, 6.45) is 1.75. The highest BCUT2D eigenvalue weighted by atomic mass is 32.2. The Morgan fingerprint density at radius 3 is 2.59 bits per heavy atom. The lowest BCUT2D eigenvalue weighted by Gasteiger charge is -2.36. The van der Waals surface area contributed by atoms with Crippen molar-refractivity contribution in [1.82, 2.24) is 8.61 Å². The maximum Gasteiger partial charge on any atom is 0.282 e. The summed E-state index contributed by atoms with van der Waals surface area (Å²) >= 11 is 0. The third-order valence-corrected chi connectivity index (χ3v) is 5.51. The summed E-state index contributed by atoms with van der Waals surface area (Å²) in [6.45, 7) is 7.19. The first-order valence-corrected chi connectivity index (χ1v) is 7.71. The highest BCUT2D eigenvalue weighted by Crippen LogP contribution is 2.21. The van der Waals surface area contributed by atoms with Gasteiger partial charge in [0, 0.05) is 32.3 Å². The van der Waals surface area contributed by atoms with E-state index in [2.05, 4.69) is 0 Å². The molecule has 1 saturated heterocycles. The molecule has 0 aromatic heterocycles. The van der Waals surface area contributed by atoms with Crippen LogP contribution in [0, 0.1) is 5.92 Å². The average Bonchev–Trinajstić information content (AvgIpc) is 2.29. The van der Waals surface area contributed by atoms with Crippen molar-refractivity contribution >= 4 is 10.2 Å². The number of nitrogens with zero attached hydrogens (tertiary/aromatic N) is 2. The SMILES string of the molecule is CCN(C(C)C)S(=O)(=O)N1CCCC(CO)C1. The molecule has 1 heterocycles. The smallest absolute Gasteiger partial charge is 0.282 e. The Balaban J connectivity index is 2.82. The summed E-state index contributed by atoms with van der Waals surface area (Å²) in [6, 6.07) is -0.0282. The van der Waals surface area contributed by atoms with E-state index < -0.39 is 10.2 Å². The van der Waals surface area contributed by atoms with Crippen molar-refractivity contribution in [2.24, 2.45) is 5.92 Å². The van der Waals surface area contributed by atoms with Gasteiger partial charge in [-0.05, 0) is 32.6 Å². The molecule has 1 fully saturated rings. The number of rotatable bonds is 5. The van der Waals surface area contributed by atoms with Gasteiger partial charge >= 0.3 is 0 Å². The Bertz CT molecular complexity index is 330. The van der Waals surface area contributed by atoms with Gasteiger partial charge in [0.15, 0.2) is 0 Å². The zero-order valence-corrected chi connectivity index (χ0v) is 11.8. The van der Waals surface area contributed by atoms with Crippen molar-refractivity contribution in [1.29, 1.82) is 0 Å². The molecule has 0 bridgehead atoms. The van der Waals surface area contributed by atoms with E-state index in [9.17, 15) is 8.42 Å². The molecule has 1 unspecified atom stereocenters. The third kappa shape index (κ3) is 3.40. The summed E-state index contributed by atoms with van der Waals surface area (Å²) < 4.78 is 27.8. The van der Waals surface area contributed by atoms with Crippen molar-refractivity contribution in [2.75, 3.05) is 26.2 Å². The van der Waals surface area contributed by atoms with Crippen LogP contribution >= 0.6 is 0 Å². The molecular formula is C11H24N2O3S. The molecule has 1 N–H and O–H groups in total. The second kappa shape index (κ2) is 6.13. The fourth-order valence-electron chi connectivity index (χ4n) is 2.33. The first kappa shape index (κ1) is 14.9. The zero-order valence-electron chi connectivity index (χ0n) is 11.0. The normalized spacial score (nSPS) is 23.5. The highest BCUT2D eigenvalue weighted by molar-refractivity contribution is 7.86. The minimum Gasteiger partial charge on any atom is -0.396 e. The van der Waals surface area contributed by atoms with Crippen LogP contribution < -0.4 is 0 Å². The molecule has 0 aromatic carbocycles. The lowest BCUT2D eigenvalue weighted by molar-refractivity contribution is 0.159. The quantitative estimate of drug-likeness (QED) is 0.794. The van der Waals surface area contributed by atoms with Gasteiger partial charge in [-0.2, -0.15) is 17.0 Å².